The molecule has 2 atom stereocenters. The lowest BCUT2D eigenvalue weighted by molar-refractivity contribution is -0.0466. The molecule has 2 aromatic carbocycles. The summed E-state index contributed by atoms with van der Waals surface area (Å²) in [6, 6.07) is 12.2. The minimum Gasteiger partial charge on any atom is -0.503 e. The lowest BCUT2D eigenvalue weighted by Crippen LogP contribution is -2.50. The second kappa shape index (κ2) is 9.51. The number of hydrogen-bond acceptors (Lipinski definition) is 6. The van der Waals surface area contributed by atoms with Crippen LogP contribution in [0.1, 0.15) is 32.0 Å². The Kier molecular flexibility index (Phi) is 6.25. The average Bonchev–Trinajstić information content (AvgIpc) is 3.28. The summed E-state index contributed by atoms with van der Waals surface area (Å²) in [6.07, 6.45) is -0.291. The van der Waals surface area contributed by atoms with E-state index < -0.39 is 52.6 Å². The number of halogens is 2. The fraction of sp³-hybridized carbons (Fsp3) is 0.240. The third-order valence-electron chi connectivity index (χ3n) is 6.08. The van der Waals surface area contributed by atoms with Gasteiger partial charge in [0.2, 0.25) is 5.43 Å². The van der Waals surface area contributed by atoms with Gasteiger partial charge in [0.25, 0.3) is 11.8 Å². The summed E-state index contributed by atoms with van der Waals surface area (Å²) in [7, 11) is 0. The zero-order valence-corrected chi connectivity index (χ0v) is 18.8. The van der Waals surface area contributed by atoms with Crippen molar-refractivity contribution in [2.24, 2.45) is 0 Å². The molecule has 0 bridgehead atoms. The summed E-state index contributed by atoms with van der Waals surface area (Å²) in [4.78, 5) is 40.0. The van der Waals surface area contributed by atoms with Crippen molar-refractivity contribution in [1.29, 1.82) is 0 Å². The fourth-order valence-electron chi connectivity index (χ4n) is 4.24. The molecule has 3 heterocycles. The second-order valence-corrected chi connectivity index (χ2v) is 8.39. The lowest BCUT2D eigenvalue weighted by atomic mass is 10.1. The zero-order chi connectivity index (χ0) is 25.4. The van der Waals surface area contributed by atoms with Gasteiger partial charge in [-0.2, -0.15) is 0 Å². The normalized spacial score (nSPS) is 18.6. The Morgan fingerprint density at radius 3 is 2.69 bits per heavy atom. The van der Waals surface area contributed by atoms with Crippen LogP contribution < -0.4 is 10.7 Å². The largest absolute Gasteiger partial charge is 0.503 e. The van der Waals surface area contributed by atoms with Crippen LogP contribution in [-0.2, 0) is 29.2 Å². The predicted molar refractivity (Wildman–Crippen MR) is 121 cm³/mol. The van der Waals surface area contributed by atoms with Gasteiger partial charge in [0.15, 0.2) is 23.9 Å². The minimum absolute atomic E-state index is 0.0127. The van der Waals surface area contributed by atoms with Crippen LogP contribution >= 0.6 is 0 Å². The number of hydrogen-bond donors (Lipinski definition) is 2. The van der Waals surface area contributed by atoms with Gasteiger partial charge in [-0.3, -0.25) is 19.3 Å². The SMILES string of the molecule is O=C(NCc1ccc(F)cc1F)c1cn2c(c(O)c1=O)C(=O)N1[C@H](C2)OC[C@H]1OCc1ccccc1. The smallest absolute Gasteiger partial charge is 0.278 e. The van der Waals surface area contributed by atoms with Gasteiger partial charge in [-0.1, -0.05) is 36.4 Å². The van der Waals surface area contributed by atoms with Gasteiger partial charge in [-0.25, -0.2) is 8.78 Å². The maximum absolute atomic E-state index is 13.9. The number of carbonyl (C=O) groups is 2. The number of fused-ring (bicyclic) bond motifs is 2. The van der Waals surface area contributed by atoms with Crippen molar-refractivity contribution in [1.82, 2.24) is 14.8 Å². The van der Waals surface area contributed by atoms with Crippen LogP contribution in [-0.4, -0.2) is 45.5 Å². The molecule has 1 fully saturated rings. The number of ether oxygens (including phenoxy) is 2. The monoisotopic (exact) mass is 497 g/mol. The third kappa shape index (κ3) is 4.34. The summed E-state index contributed by atoms with van der Waals surface area (Å²) in [5.74, 6) is -4.06. The third-order valence-corrected chi connectivity index (χ3v) is 6.08. The van der Waals surface area contributed by atoms with Crippen LogP contribution in [0, 0.1) is 11.6 Å². The fourth-order valence-corrected chi connectivity index (χ4v) is 4.24. The molecule has 1 saturated heterocycles. The van der Waals surface area contributed by atoms with E-state index in [-0.39, 0.29) is 37.6 Å². The van der Waals surface area contributed by atoms with E-state index in [2.05, 4.69) is 5.32 Å². The van der Waals surface area contributed by atoms with E-state index in [0.717, 1.165) is 17.8 Å². The summed E-state index contributed by atoms with van der Waals surface area (Å²) in [5.41, 5.74) is -0.849. The highest BCUT2D eigenvalue weighted by atomic mass is 19.1. The molecule has 11 heteroatoms. The first-order valence-corrected chi connectivity index (χ1v) is 11.1. The maximum atomic E-state index is 13.9. The Morgan fingerprint density at radius 1 is 1.17 bits per heavy atom. The molecule has 36 heavy (non-hydrogen) atoms. The van der Waals surface area contributed by atoms with Crippen LogP contribution in [0.3, 0.4) is 0 Å². The Bertz CT molecular complexity index is 1390. The molecule has 2 aliphatic heterocycles. The molecule has 0 radical (unpaired) electrons. The molecule has 3 aromatic rings. The first-order chi connectivity index (χ1) is 17.3. The van der Waals surface area contributed by atoms with Crippen molar-refractivity contribution in [2.75, 3.05) is 6.61 Å². The van der Waals surface area contributed by atoms with Crippen LogP contribution in [0.5, 0.6) is 5.75 Å². The van der Waals surface area contributed by atoms with Crippen molar-refractivity contribution in [3.63, 3.8) is 0 Å². The molecule has 5 rings (SSSR count). The van der Waals surface area contributed by atoms with E-state index in [1.807, 2.05) is 30.3 Å². The Labute approximate surface area is 203 Å². The molecule has 0 unspecified atom stereocenters. The molecule has 2 amide bonds. The van der Waals surface area contributed by atoms with E-state index in [1.54, 1.807) is 0 Å². The number of benzene rings is 2. The highest BCUT2D eigenvalue weighted by Crippen LogP contribution is 2.30. The first kappa shape index (κ1) is 23.6. The van der Waals surface area contributed by atoms with Gasteiger partial charge in [0, 0.05) is 24.4 Å². The van der Waals surface area contributed by atoms with Crippen molar-refractivity contribution in [3.8, 4) is 5.75 Å². The predicted octanol–water partition coefficient (Wildman–Crippen LogP) is 2.12. The number of nitrogens with one attached hydrogen (secondary N) is 1. The maximum Gasteiger partial charge on any atom is 0.278 e. The van der Waals surface area contributed by atoms with Gasteiger partial charge >= 0.3 is 0 Å². The van der Waals surface area contributed by atoms with E-state index in [0.29, 0.717) is 6.07 Å². The molecule has 9 nitrogen and oxygen atoms in total. The Balaban J connectivity index is 1.35. The molecule has 2 N–H and O–H groups in total. The standard InChI is InChI=1S/C25H21F2N3O6/c26-16-7-6-15(18(27)8-16)9-28-24(33)17-10-29-11-19-30(25(34)21(29)23(32)22(17)31)20(13-36-19)35-12-14-4-2-1-3-5-14/h1-8,10,19-20,32H,9,11-13H2,(H,28,33)/t19-,20+/m0/s1. The van der Waals surface area contributed by atoms with Gasteiger partial charge in [-0.15, -0.1) is 0 Å². The van der Waals surface area contributed by atoms with Crippen molar-refractivity contribution >= 4 is 11.8 Å². The Morgan fingerprint density at radius 2 is 1.94 bits per heavy atom. The zero-order valence-electron chi connectivity index (χ0n) is 18.8. The minimum atomic E-state index is -1.05. The highest BCUT2D eigenvalue weighted by Gasteiger charge is 2.45. The highest BCUT2D eigenvalue weighted by molar-refractivity contribution is 5.99. The number of aromatic nitrogens is 1. The van der Waals surface area contributed by atoms with Crippen molar-refractivity contribution in [2.45, 2.75) is 32.2 Å². The molecule has 0 aliphatic carbocycles. The molecular weight excluding hydrogens is 476 g/mol. The lowest BCUT2D eigenvalue weighted by Gasteiger charge is -2.34. The summed E-state index contributed by atoms with van der Waals surface area (Å²) >= 11 is 0. The van der Waals surface area contributed by atoms with Gasteiger partial charge in [0.05, 0.1) is 19.8 Å². The van der Waals surface area contributed by atoms with Gasteiger partial charge < -0.3 is 24.5 Å². The molecule has 0 saturated carbocycles. The van der Waals surface area contributed by atoms with E-state index >= 15 is 0 Å². The molecule has 0 spiro atoms. The van der Waals surface area contributed by atoms with Crippen LogP contribution in [0.4, 0.5) is 8.78 Å². The molecule has 1 aromatic heterocycles. The number of carbonyl (C=O) groups excluding carboxylic acids is 2. The first-order valence-electron chi connectivity index (χ1n) is 11.1. The van der Waals surface area contributed by atoms with Crippen molar-refractivity contribution < 1.29 is 33.0 Å². The van der Waals surface area contributed by atoms with Crippen LogP contribution in [0.2, 0.25) is 0 Å². The van der Waals surface area contributed by atoms with E-state index in [9.17, 15) is 28.3 Å². The van der Waals surface area contributed by atoms with E-state index in [4.69, 9.17) is 9.47 Å². The number of nitrogens with zero attached hydrogens (tertiary/aromatic N) is 2. The number of rotatable bonds is 6. The van der Waals surface area contributed by atoms with Gasteiger partial charge in [-0.05, 0) is 11.6 Å². The number of aromatic hydroxyl groups is 1. The summed E-state index contributed by atoms with van der Waals surface area (Å²) < 4.78 is 39.8. The molecular formula is C25H21F2N3O6. The average molecular weight is 497 g/mol. The van der Waals surface area contributed by atoms with Crippen LogP contribution in [0.15, 0.2) is 59.5 Å². The summed E-state index contributed by atoms with van der Waals surface area (Å²) in [6.45, 7) is 0.0655. The topological polar surface area (TPSA) is 110 Å². The summed E-state index contributed by atoms with van der Waals surface area (Å²) in [5, 5.41) is 12.9. The van der Waals surface area contributed by atoms with Gasteiger partial charge in [0.1, 0.15) is 17.2 Å². The number of pyridine rings is 1. The quantitative estimate of drug-likeness (QED) is 0.540. The second-order valence-electron chi connectivity index (χ2n) is 8.39. The van der Waals surface area contributed by atoms with E-state index in [1.165, 1.54) is 15.5 Å². The van der Waals surface area contributed by atoms with Crippen molar-refractivity contribution in [3.05, 3.63) is 99.0 Å². The van der Waals surface area contributed by atoms with Crippen LogP contribution in [0.25, 0.3) is 0 Å². The number of amides is 2. The molecule has 186 valence electrons. The Hall–Kier alpha value is -4.09. The molecule has 2 aliphatic rings.